The van der Waals surface area contributed by atoms with Gasteiger partial charge in [0.05, 0.1) is 0 Å². The maximum absolute atomic E-state index is 5.40. The van der Waals surface area contributed by atoms with Crippen molar-refractivity contribution >= 4 is 11.8 Å². The molecular weight excluding hydrogens is 304 g/mol. The van der Waals surface area contributed by atoms with Crippen molar-refractivity contribution in [3.05, 3.63) is 35.5 Å². The summed E-state index contributed by atoms with van der Waals surface area (Å²) in [4.78, 5) is 8.98. The molecule has 128 valence electrons. The van der Waals surface area contributed by atoms with Crippen LogP contribution in [0.15, 0.2) is 24.3 Å². The minimum Gasteiger partial charge on any atom is -0.454 e. The number of aryl methyl sites for hydroxylation is 1. The maximum atomic E-state index is 5.40. The Hall–Kier alpha value is -2.50. The summed E-state index contributed by atoms with van der Waals surface area (Å²) in [6.07, 6.45) is 1.11. The summed E-state index contributed by atoms with van der Waals surface area (Å²) in [6.45, 7) is 8.23. The fraction of sp³-hybridized carbons (Fsp3) is 0.444. The zero-order chi connectivity index (χ0) is 16.9. The van der Waals surface area contributed by atoms with Crippen molar-refractivity contribution in [3.8, 4) is 11.5 Å². The van der Waals surface area contributed by atoms with Crippen molar-refractivity contribution in [1.82, 2.24) is 9.97 Å². The lowest BCUT2D eigenvalue weighted by atomic mass is 10.1. The average Bonchev–Trinajstić information content (AvgIpc) is 3.00. The predicted molar refractivity (Wildman–Crippen MR) is 94.6 cm³/mol. The molecule has 2 N–H and O–H groups in total. The number of anilines is 2. The van der Waals surface area contributed by atoms with Gasteiger partial charge in [0.1, 0.15) is 5.82 Å². The number of fused-ring (bicyclic) bond motifs is 1. The summed E-state index contributed by atoms with van der Waals surface area (Å²) in [5.74, 6) is 3.73. The van der Waals surface area contributed by atoms with Crippen molar-refractivity contribution in [1.29, 1.82) is 0 Å². The lowest BCUT2D eigenvalue weighted by molar-refractivity contribution is 0.174. The van der Waals surface area contributed by atoms with Gasteiger partial charge < -0.3 is 20.1 Å². The lowest BCUT2D eigenvalue weighted by Crippen LogP contribution is -2.10. The highest BCUT2D eigenvalue weighted by Crippen LogP contribution is 2.32. The van der Waals surface area contributed by atoms with Gasteiger partial charge in [-0.2, -0.15) is 4.98 Å². The first-order valence-electron chi connectivity index (χ1n) is 8.32. The van der Waals surface area contributed by atoms with Crippen molar-refractivity contribution in [2.24, 2.45) is 5.92 Å². The van der Waals surface area contributed by atoms with Gasteiger partial charge in [-0.25, -0.2) is 4.98 Å². The number of nitrogens with zero attached hydrogens (tertiary/aromatic N) is 2. The SMILES string of the molecule is Cc1cc(NCCC(C)C)nc(NCc2ccc3c(c2)OCO3)n1. The van der Waals surface area contributed by atoms with E-state index < -0.39 is 0 Å². The van der Waals surface area contributed by atoms with Gasteiger partial charge in [0, 0.05) is 24.8 Å². The third-order valence-electron chi connectivity index (χ3n) is 3.77. The Morgan fingerprint density at radius 3 is 2.75 bits per heavy atom. The van der Waals surface area contributed by atoms with Gasteiger partial charge in [0.15, 0.2) is 11.5 Å². The van der Waals surface area contributed by atoms with Gasteiger partial charge in [-0.15, -0.1) is 0 Å². The molecule has 0 unspecified atom stereocenters. The molecule has 0 aliphatic carbocycles. The highest BCUT2D eigenvalue weighted by Gasteiger charge is 2.13. The normalized spacial score (nSPS) is 12.5. The second-order valence-corrected chi connectivity index (χ2v) is 6.37. The Bertz CT molecular complexity index is 703. The van der Waals surface area contributed by atoms with E-state index >= 15 is 0 Å². The fourth-order valence-corrected chi connectivity index (χ4v) is 2.46. The van der Waals surface area contributed by atoms with Crippen molar-refractivity contribution in [2.45, 2.75) is 33.7 Å². The topological polar surface area (TPSA) is 68.3 Å². The molecule has 2 heterocycles. The van der Waals surface area contributed by atoms with Crippen LogP contribution in [0.4, 0.5) is 11.8 Å². The van der Waals surface area contributed by atoms with Crippen LogP contribution in [0.2, 0.25) is 0 Å². The highest BCUT2D eigenvalue weighted by atomic mass is 16.7. The van der Waals surface area contributed by atoms with E-state index in [0.29, 0.717) is 25.2 Å². The smallest absolute Gasteiger partial charge is 0.231 e. The first kappa shape index (κ1) is 16.4. The van der Waals surface area contributed by atoms with Gasteiger partial charge in [-0.3, -0.25) is 0 Å². The Morgan fingerprint density at radius 1 is 1.08 bits per heavy atom. The van der Waals surface area contributed by atoms with Crippen LogP contribution in [0, 0.1) is 12.8 Å². The molecule has 0 bridgehead atoms. The monoisotopic (exact) mass is 328 g/mol. The first-order valence-corrected chi connectivity index (χ1v) is 8.32. The van der Waals surface area contributed by atoms with Gasteiger partial charge in [-0.05, 0) is 37.0 Å². The van der Waals surface area contributed by atoms with Gasteiger partial charge >= 0.3 is 0 Å². The van der Waals surface area contributed by atoms with Gasteiger partial charge in [0.25, 0.3) is 0 Å². The van der Waals surface area contributed by atoms with E-state index in [1.807, 2.05) is 31.2 Å². The molecule has 0 saturated carbocycles. The van der Waals surface area contributed by atoms with E-state index in [-0.39, 0.29) is 0 Å². The molecule has 3 rings (SSSR count). The number of nitrogens with one attached hydrogen (secondary N) is 2. The van der Waals surface area contributed by atoms with Crippen molar-refractivity contribution in [2.75, 3.05) is 24.0 Å². The van der Waals surface area contributed by atoms with E-state index in [0.717, 1.165) is 41.5 Å². The first-order chi connectivity index (χ1) is 11.6. The number of ether oxygens (including phenoxy) is 2. The average molecular weight is 328 g/mol. The molecule has 1 aromatic heterocycles. The van der Waals surface area contributed by atoms with Gasteiger partial charge in [-0.1, -0.05) is 19.9 Å². The largest absolute Gasteiger partial charge is 0.454 e. The molecular formula is C18H24N4O2. The molecule has 0 saturated heterocycles. The fourth-order valence-electron chi connectivity index (χ4n) is 2.46. The Morgan fingerprint density at radius 2 is 1.92 bits per heavy atom. The summed E-state index contributed by atoms with van der Waals surface area (Å²) in [6, 6.07) is 7.88. The summed E-state index contributed by atoms with van der Waals surface area (Å²) in [5, 5.41) is 6.64. The molecule has 1 aliphatic rings. The summed E-state index contributed by atoms with van der Waals surface area (Å²) >= 11 is 0. The number of aromatic nitrogens is 2. The molecule has 6 nitrogen and oxygen atoms in total. The van der Waals surface area contributed by atoms with Crippen LogP contribution in [0.25, 0.3) is 0 Å². The molecule has 24 heavy (non-hydrogen) atoms. The van der Waals surface area contributed by atoms with E-state index in [4.69, 9.17) is 9.47 Å². The lowest BCUT2D eigenvalue weighted by Gasteiger charge is -2.11. The number of hydrogen-bond acceptors (Lipinski definition) is 6. The van der Waals surface area contributed by atoms with E-state index in [9.17, 15) is 0 Å². The summed E-state index contributed by atoms with van der Waals surface area (Å²) in [5.41, 5.74) is 2.03. The summed E-state index contributed by atoms with van der Waals surface area (Å²) in [7, 11) is 0. The van der Waals surface area contributed by atoms with Crippen molar-refractivity contribution in [3.63, 3.8) is 0 Å². The zero-order valence-corrected chi connectivity index (χ0v) is 14.4. The number of benzene rings is 1. The second-order valence-electron chi connectivity index (χ2n) is 6.37. The summed E-state index contributed by atoms with van der Waals surface area (Å²) < 4.78 is 10.7. The number of hydrogen-bond donors (Lipinski definition) is 2. The van der Waals surface area contributed by atoms with Gasteiger partial charge in [0.2, 0.25) is 12.7 Å². The van der Waals surface area contributed by atoms with Crippen LogP contribution < -0.4 is 20.1 Å². The standard InChI is InChI=1S/C18H24N4O2/c1-12(2)6-7-19-17-8-13(3)21-18(22-17)20-10-14-4-5-15-16(9-14)24-11-23-15/h4-5,8-9,12H,6-7,10-11H2,1-3H3,(H2,19,20,21,22). The third-order valence-corrected chi connectivity index (χ3v) is 3.77. The second kappa shape index (κ2) is 7.38. The molecule has 0 spiro atoms. The zero-order valence-electron chi connectivity index (χ0n) is 14.4. The highest BCUT2D eigenvalue weighted by molar-refractivity contribution is 5.46. The molecule has 2 aromatic rings. The van der Waals surface area contributed by atoms with Crippen LogP contribution in [-0.2, 0) is 6.54 Å². The molecule has 0 amide bonds. The maximum Gasteiger partial charge on any atom is 0.231 e. The van der Waals surface area contributed by atoms with E-state index in [1.54, 1.807) is 0 Å². The molecule has 1 aliphatic heterocycles. The van der Waals surface area contributed by atoms with Crippen LogP contribution in [0.1, 0.15) is 31.5 Å². The van der Waals surface area contributed by atoms with E-state index in [2.05, 4.69) is 34.4 Å². The Kier molecular flexibility index (Phi) is 5.03. The van der Waals surface area contributed by atoms with Crippen LogP contribution in [0.3, 0.4) is 0 Å². The Balaban J connectivity index is 1.61. The Labute approximate surface area is 142 Å². The van der Waals surface area contributed by atoms with Crippen molar-refractivity contribution < 1.29 is 9.47 Å². The molecule has 0 atom stereocenters. The number of rotatable bonds is 7. The third kappa shape index (κ3) is 4.28. The predicted octanol–water partition coefficient (Wildman–Crippen LogP) is 3.58. The quantitative estimate of drug-likeness (QED) is 0.809. The minimum atomic E-state index is 0.290. The van der Waals surface area contributed by atoms with Crippen LogP contribution in [-0.4, -0.2) is 23.3 Å². The molecule has 0 fully saturated rings. The van der Waals surface area contributed by atoms with Crippen LogP contribution >= 0.6 is 0 Å². The molecule has 6 heteroatoms. The van der Waals surface area contributed by atoms with E-state index in [1.165, 1.54) is 0 Å². The van der Waals surface area contributed by atoms with Crippen LogP contribution in [0.5, 0.6) is 11.5 Å². The minimum absolute atomic E-state index is 0.290. The molecule has 1 aromatic carbocycles. The molecule has 0 radical (unpaired) electrons.